The van der Waals surface area contributed by atoms with Gasteiger partial charge in [0.05, 0.1) is 10.5 Å². The minimum atomic E-state index is 0.0544. The lowest BCUT2D eigenvalue weighted by Crippen LogP contribution is -2.46. The van der Waals surface area contributed by atoms with Gasteiger partial charge in [-0.3, -0.25) is 9.98 Å². The van der Waals surface area contributed by atoms with Crippen LogP contribution >= 0.6 is 11.3 Å². The molecule has 0 bridgehead atoms. The molecule has 2 aromatic heterocycles. The van der Waals surface area contributed by atoms with Gasteiger partial charge in [-0.1, -0.05) is 31.6 Å². The van der Waals surface area contributed by atoms with E-state index in [1.165, 1.54) is 31.4 Å². The van der Waals surface area contributed by atoms with Crippen molar-refractivity contribution in [2.75, 3.05) is 19.8 Å². The number of hydrogen-bond acceptors (Lipinski definition) is 5. The Morgan fingerprint density at radius 3 is 2.93 bits per heavy atom. The first-order valence-corrected chi connectivity index (χ1v) is 11.5. The molecular formula is C24H30N2O2S. The highest BCUT2D eigenvalue weighted by Gasteiger charge is 2.48. The first-order valence-electron chi connectivity index (χ1n) is 10.6. The molecule has 1 spiro atoms. The van der Waals surface area contributed by atoms with E-state index in [2.05, 4.69) is 18.7 Å². The third-order valence-electron chi connectivity index (χ3n) is 6.31. The molecule has 0 amide bonds. The van der Waals surface area contributed by atoms with Crippen molar-refractivity contribution in [2.45, 2.75) is 56.0 Å². The highest BCUT2D eigenvalue weighted by molar-refractivity contribution is 7.12. The van der Waals surface area contributed by atoms with Crippen LogP contribution in [0.15, 0.2) is 53.5 Å². The van der Waals surface area contributed by atoms with E-state index in [0.29, 0.717) is 6.61 Å². The number of pyridine rings is 1. The van der Waals surface area contributed by atoms with Crippen molar-refractivity contribution in [3.05, 3.63) is 59.1 Å². The van der Waals surface area contributed by atoms with E-state index in [1.54, 1.807) is 17.4 Å². The largest absolute Gasteiger partial charge is 0.488 e. The number of nitrogens with zero attached hydrogens (tertiary/aromatic N) is 2. The fourth-order valence-electron chi connectivity index (χ4n) is 4.89. The molecule has 0 radical (unpaired) electrons. The van der Waals surface area contributed by atoms with Crippen LogP contribution in [0.1, 0.15) is 55.5 Å². The Kier molecular flexibility index (Phi) is 6.46. The number of hydrogen-bond donors (Lipinski definition) is 0. The van der Waals surface area contributed by atoms with Crippen LogP contribution in [-0.4, -0.2) is 36.6 Å². The predicted molar refractivity (Wildman–Crippen MR) is 119 cm³/mol. The standard InChI is InChI=1S/C24H30N2O2S/c1-2-15-27-20-8-17-29-21(20)18-25-14-11-23(22-7-3-6-13-26-22)12-16-28-24(19-23)9-4-5-10-24/h2-3,6-8,13,17-18H,1,4-5,9-12,14-16,19H2. The Morgan fingerprint density at radius 2 is 2.14 bits per heavy atom. The summed E-state index contributed by atoms with van der Waals surface area (Å²) in [6.45, 7) is 5.84. The van der Waals surface area contributed by atoms with E-state index in [4.69, 9.17) is 19.5 Å². The van der Waals surface area contributed by atoms with Crippen LogP contribution in [-0.2, 0) is 10.2 Å². The van der Waals surface area contributed by atoms with Gasteiger partial charge in [-0.05, 0) is 55.7 Å². The Labute approximate surface area is 177 Å². The second kappa shape index (κ2) is 9.23. The monoisotopic (exact) mass is 410 g/mol. The Bertz CT molecular complexity index is 826. The van der Waals surface area contributed by atoms with Gasteiger partial charge in [-0.2, -0.15) is 0 Å². The highest BCUT2D eigenvalue weighted by Crippen LogP contribution is 2.49. The molecule has 4 rings (SSSR count). The molecule has 2 fully saturated rings. The summed E-state index contributed by atoms with van der Waals surface area (Å²) in [4.78, 5) is 10.6. The number of aromatic nitrogens is 1. The number of rotatable bonds is 8. The average molecular weight is 411 g/mol. The van der Waals surface area contributed by atoms with Gasteiger partial charge in [0.25, 0.3) is 0 Å². The zero-order valence-electron chi connectivity index (χ0n) is 17.0. The third kappa shape index (κ3) is 4.62. The molecule has 1 unspecified atom stereocenters. The highest BCUT2D eigenvalue weighted by atomic mass is 32.1. The topological polar surface area (TPSA) is 43.7 Å². The van der Waals surface area contributed by atoms with E-state index in [1.807, 2.05) is 29.9 Å². The van der Waals surface area contributed by atoms with Gasteiger partial charge in [-0.25, -0.2) is 0 Å². The molecule has 1 aliphatic carbocycles. The SMILES string of the molecule is C=CCOc1ccsc1C=NCCC1(c2ccccn2)CCOC2(CCCC2)C1. The molecule has 2 aromatic rings. The first kappa shape index (κ1) is 20.3. The molecule has 154 valence electrons. The second-order valence-corrected chi connectivity index (χ2v) is 9.14. The van der Waals surface area contributed by atoms with Crippen molar-refractivity contribution in [3.63, 3.8) is 0 Å². The maximum atomic E-state index is 6.33. The van der Waals surface area contributed by atoms with Crippen molar-refractivity contribution in [3.8, 4) is 5.75 Å². The van der Waals surface area contributed by atoms with Crippen LogP contribution in [0.4, 0.5) is 0 Å². The quantitative estimate of drug-likeness (QED) is 0.422. The van der Waals surface area contributed by atoms with Crippen molar-refractivity contribution in [1.29, 1.82) is 0 Å². The van der Waals surface area contributed by atoms with Crippen LogP contribution in [0, 0.1) is 0 Å². The van der Waals surface area contributed by atoms with Gasteiger partial charge in [0.2, 0.25) is 0 Å². The van der Waals surface area contributed by atoms with Crippen LogP contribution in [0.3, 0.4) is 0 Å². The Balaban J connectivity index is 1.48. The zero-order valence-corrected chi connectivity index (χ0v) is 17.8. The van der Waals surface area contributed by atoms with Crippen molar-refractivity contribution < 1.29 is 9.47 Å². The zero-order chi connectivity index (χ0) is 20.0. The van der Waals surface area contributed by atoms with Crippen LogP contribution < -0.4 is 4.74 Å². The molecule has 29 heavy (non-hydrogen) atoms. The molecule has 0 aromatic carbocycles. The maximum absolute atomic E-state index is 6.33. The van der Waals surface area contributed by atoms with E-state index < -0.39 is 0 Å². The lowest BCUT2D eigenvalue weighted by Gasteiger charge is -2.46. The molecule has 3 heterocycles. The molecule has 1 saturated carbocycles. The van der Waals surface area contributed by atoms with Gasteiger partial charge in [0, 0.05) is 36.7 Å². The molecule has 0 N–H and O–H groups in total. The van der Waals surface area contributed by atoms with Crippen molar-refractivity contribution >= 4 is 17.6 Å². The number of aliphatic imine (C=N–C) groups is 1. The molecule has 1 saturated heterocycles. The summed E-state index contributed by atoms with van der Waals surface area (Å²) in [7, 11) is 0. The minimum Gasteiger partial charge on any atom is -0.488 e. The normalized spacial score (nSPS) is 23.6. The Morgan fingerprint density at radius 1 is 1.24 bits per heavy atom. The maximum Gasteiger partial charge on any atom is 0.139 e. The van der Waals surface area contributed by atoms with Gasteiger partial charge in [-0.15, -0.1) is 11.3 Å². The van der Waals surface area contributed by atoms with Crippen LogP contribution in [0.5, 0.6) is 5.75 Å². The first-order chi connectivity index (χ1) is 14.3. The third-order valence-corrected chi connectivity index (χ3v) is 7.15. The summed E-state index contributed by atoms with van der Waals surface area (Å²) < 4.78 is 12.0. The van der Waals surface area contributed by atoms with E-state index >= 15 is 0 Å². The molecule has 1 atom stereocenters. The summed E-state index contributed by atoms with van der Waals surface area (Å²) in [5, 5.41) is 2.04. The van der Waals surface area contributed by atoms with E-state index in [-0.39, 0.29) is 11.0 Å². The molecular weight excluding hydrogens is 380 g/mol. The van der Waals surface area contributed by atoms with Gasteiger partial charge >= 0.3 is 0 Å². The van der Waals surface area contributed by atoms with Crippen LogP contribution in [0.2, 0.25) is 0 Å². The van der Waals surface area contributed by atoms with Crippen molar-refractivity contribution in [1.82, 2.24) is 4.98 Å². The lowest BCUT2D eigenvalue weighted by molar-refractivity contribution is -0.104. The summed E-state index contributed by atoms with van der Waals surface area (Å²) in [6, 6.07) is 8.30. The van der Waals surface area contributed by atoms with Gasteiger partial charge in [0.15, 0.2) is 0 Å². The lowest BCUT2D eigenvalue weighted by atomic mass is 9.68. The molecule has 4 nitrogen and oxygen atoms in total. The van der Waals surface area contributed by atoms with Crippen LogP contribution in [0.25, 0.3) is 0 Å². The van der Waals surface area contributed by atoms with E-state index in [9.17, 15) is 0 Å². The molecule has 1 aliphatic heterocycles. The summed E-state index contributed by atoms with van der Waals surface area (Å²) in [6.07, 6.45) is 13.7. The Hall–Kier alpha value is -1.98. The minimum absolute atomic E-state index is 0.0544. The van der Waals surface area contributed by atoms with Gasteiger partial charge in [0.1, 0.15) is 12.4 Å². The fraction of sp³-hybridized carbons (Fsp3) is 0.500. The second-order valence-electron chi connectivity index (χ2n) is 8.19. The van der Waals surface area contributed by atoms with Gasteiger partial charge < -0.3 is 9.47 Å². The average Bonchev–Trinajstić information content (AvgIpc) is 3.40. The molecule has 2 aliphatic rings. The van der Waals surface area contributed by atoms with Crippen molar-refractivity contribution in [2.24, 2.45) is 4.99 Å². The summed E-state index contributed by atoms with van der Waals surface area (Å²) in [5.74, 6) is 0.883. The predicted octanol–water partition coefficient (Wildman–Crippen LogP) is 5.58. The fourth-order valence-corrected chi connectivity index (χ4v) is 5.61. The summed E-state index contributed by atoms with van der Waals surface area (Å²) in [5.41, 5.74) is 1.31. The number of thiophene rings is 1. The van der Waals surface area contributed by atoms with E-state index in [0.717, 1.165) is 43.0 Å². The smallest absolute Gasteiger partial charge is 0.139 e. The molecule has 5 heteroatoms. The number of ether oxygens (including phenoxy) is 2. The summed E-state index contributed by atoms with van der Waals surface area (Å²) >= 11 is 1.66.